The topological polar surface area (TPSA) is 85.6 Å². The summed E-state index contributed by atoms with van der Waals surface area (Å²) in [6.07, 6.45) is 3.13. The molecule has 1 aromatic heterocycles. The van der Waals surface area contributed by atoms with E-state index >= 15 is 0 Å². The van der Waals surface area contributed by atoms with Gasteiger partial charge in [-0.05, 0) is 64.5 Å². The van der Waals surface area contributed by atoms with Gasteiger partial charge >= 0.3 is 5.97 Å². The Morgan fingerprint density at radius 3 is 2.68 bits per heavy atom. The fourth-order valence-electron chi connectivity index (χ4n) is 2.70. The van der Waals surface area contributed by atoms with E-state index in [1.165, 1.54) is 17.2 Å². The normalized spacial score (nSPS) is 12.5. The van der Waals surface area contributed by atoms with Crippen LogP contribution in [0.15, 0.2) is 39.4 Å². The standard InChI is InChI=1S/C18H16BrNO5/c19-16-7-6-15(25-16)18(23)20-9-17(22)24-10-14(21)13-5-4-11-2-1-3-12(11)8-13/h4-8H,1-3,9-10H2,(H,20,23). The van der Waals surface area contributed by atoms with Crippen molar-refractivity contribution in [3.05, 3.63) is 57.5 Å². The number of nitrogens with one attached hydrogen (secondary N) is 1. The Bertz CT molecular complexity index is 827. The van der Waals surface area contributed by atoms with Crippen LogP contribution in [-0.2, 0) is 22.4 Å². The van der Waals surface area contributed by atoms with E-state index in [0.29, 0.717) is 10.2 Å². The largest absolute Gasteiger partial charge is 0.456 e. The lowest BCUT2D eigenvalue weighted by Gasteiger charge is -2.07. The smallest absolute Gasteiger partial charge is 0.325 e. The molecule has 2 aromatic rings. The first-order valence-electron chi connectivity index (χ1n) is 7.87. The molecule has 7 heteroatoms. The number of ether oxygens (including phenoxy) is 1. The average molecular weight is 406 g/mol. The first kappa shape index (κ1) is 17.4. The third-order valence-corrected chi connectivity index (χ3v) is 4.40. The molecule has 0 radical (unpaired) electrons. The lowest BCUT2D eigenvalue weighted by atomic mass is 10.0. The minimum atomic E-state index is -0.687. The van der Waals surface area contributed by atoms with Gasteiger partial charge in [0.1, 0.15) is 6.54 Å². The third-order valence-electron chi connectivity index (χ3n) is 3.97. The Morgan fingerprint density at radius 2 is 1.92 bits per heavy atom. The van der Waals surface area contributed by atoms with Crippen molar-refractivity contribution >= 4 is 33.6 Å². The maximum absolute atomic E-state index is 12.1. The summed E-state index contributed by atoms with van der Waals surface area (Å²) in [7, 11) is 0. The molecule has 0 aliphatic heterocycles. The van der Waals surface area contributed by atoms with Crippen LogP contribution in [0.3, 0.4) is 0 Å². The van der Waals surface area contributed by atoms with E-state index in [1.807, 2.05) is 12.1 Å². The predicted molar refractivity (Wildman–Crippen MR) is 92.5 cm³/mol. The quantitative estimate of drug-likeness (QED) is 0.589. The zero-order chi connectivity index (χ0) is 17.8. The van der Waals surface area contributed by atoms with Gasteiger partial charge in [-0.2, -0.15) is 0 Å². The Morgan fingerprint density at radius 1 is 1.12 bits per heavy atom. The zero-order valence-corrected chi connectivity index (χ0v) is 14.9. The van der Waals surface area contributed by atoms with Gasteiger partial charge < -0.3 is 14.5 Å². The minimum Gasteiger partial charge on any atom is -0.456 e. The van der Waals surface area contributed by atoms with Crippen LogP contribution in [0.1, 0.15) is 38.5 Å². The van der Waals surface area contributed by atoms with E-state index in [2.05, 4.69) is 21.2 Å². The molecular weight excluding hydrogens is 390 g/mol. The number of carbonyl (C=O) groups excluding carboxylic acids is 3. The van der Waals surface area contributed by atoms with E-state index < -0.39 is 11.9 Å². The SMILES string of the molecule is O=C(CNC(=O)c1ccc(Br)o1)OCC(=O)c1ccc2c(c1)CCC2. The summed E-state index contributed by atoms with van der Waals surface area (Å²) in [5.74, 6) is -1.40. The molecule has 0 unspecified atom stereocenters. The summed E-state index contributed by atoms with van der Waals surface area (Å²) in [6, 6.07) is 8.63. The van der Waals surface area contributed by atoms with Crippen LogP contribution < -0.4 is 5.32 Å². The molecule has 0 saturated heterocycles. The molecule has 0 bridgehead atoms. The van der Waals surface area contributed by atoms with Crippen molar-refractivity contribution in [2.45, 2.75) is 19.3 Å². The Labute approximate surface area is 152 Å². The van der Waals surface area contributed by atoms with E-state index in [1.54, 1.807) is 12.1 Å². The van der Waals surface area contributed by atoms with Crippen LogP contribution in [0.5, 0.6) is 0 Å². The number of hydrogen-bond acceptors (Lipinski definition) is 5. The summed E-state index contributed by atoms with van der Waals surface area (Å²) in [5, 5.41) is 2.37. The van der Waals surface area contributed by atoms with Crippen LogP contribution in [0.25, 0.3) is 0 Å². The summed E-state index contributed by atoms with van der Waals surface area (Å²) < 4.78 is 10.4. The second kappa shape index (κ2) is 7.65. The van der Waals surface area contributed by atoms with Gasteiger partial charge in [0.25, 0.3) is 5.91 Å². The van der Waals surface area contributed by atoms with Gasteiger partial charge in [0.05, 0.1) is 0 Å². The van der Waals surface area contributed by atoms with E-state index in [0.717, 1.165) is 19.3 Å². The molecule has 1 amide bonds. The molecule has 1 aliphatic rings. The number of Topliss-reactive ketones (excluding diaryl/α,β-unsaturated/α-hetero) is 1. The highest BCUT2D eigenvalue weighted by Gasteiger charge is 2.16. The maximum atomic E-state index is 12.1. The highest BCUT2D eigenvalue weighted by Crippen LogP contribution is 2.23. The van der Waals surface area contributed by atoms with Gasteiger partial charge in [0.15, 0.2) is 22.8 Å². The molecule has 6 nitrogen and oxygen atoms in total. The van der Waals surface area contributed by atoms with Crippen molar-refractivity contribution in [1.29, 1.82) is 0 Å². The number of ketones is 1. The number of hydrogen-bond donors (Lipinski definition) is 1. The number of aryl methyl sites for hydroxylation is 2. The lowest BCUT2D eigenvalue weighted by Crippen LogP contribution is -2.31. The number of carbonyl (C=O) groups is 3. The molecular formula is C18H16BrNO5. The van der Waals surface area contributed by atoms with E-state index in [9.17, 15) is 14.4 Å². The van der Waals surface area contributed by atoms with E-state index in [-0.39, 0.29) is 24.7 Å². The average Bonchev–Trinajstić information content (AvgIpc) is 3.25. The summed E-state index contributed by atoms with van der Waals surface area (Å²) in [4.78, 5) is 35.5. The van der Waals surface area contributed by atoms with E-state index in [4.69, 9.17) is 9.15 Å². The third kappa shape index (κ3) is 4.36. The van der Waals surface area contributed by atoms with Crippen molar-refractivity contribution in [2.75, 3.05) is 13.2 Å². The molecule has 1 heterocycles. The van der Waals surface area contributed by atoms with Crippen molar-refractivity contribution < 1.29 is 23.5 Å². The number of furan rings is 1. The van der Waals surface area contributed by atoms with Crippen LogP contribution in [0, 0.1) is 0 Å². The van der Waals surface area contributed by atoms with Gasteiger partial charge in [-0.25, -0.2) is 0 Å². The van der Waals surface area contributed by atoms with Crippen LogP contribution >= 0.6 is 15.9 Å². The van der Waals surface area contributed by atoms with Crippen LogP contribution in [-0.4, -0.2) is 30.8 Å². The van der Waals surface area contributed by atoms with Crippen LogP contribution in [0.4, 0.5) is 0 Å². The number of esters is 1. The summed E-state index contributed by atoms with van der Waals surface area (Å²) in [5.41, 5.74) is 3.01. The first-order valence-corrected chi connectivity index (χ1v) is 8.66. The van der Waals surface area contributed by atoms with Crippen molar-refractivity contribution in [3.63, 3.8) is 0 Å². The van der Waals surface area contributed by atoms with Crippen molar-refractivity contribution in [3.8, 4) is 0 Å². The zero-order valence-electron chi connectivity index (χ0n) is 13.3. The second-order valence-electron chi connectivity index (χ2n) is 5.71. The second-order valence-corrected chi connectivity index (χ2v) is 6.49. The number of amides is 1. The minimum absolute atomic E-state index is 0.0777. The molecule has 0 saturated carbocycles. The molecule has 25 heavy (non-hydrogen) atoms. The van der Waals surface area contributed by atoms with Gasteiger partial charge in [0, 0.05) is 5.56 Å². The van der Waals surface area contributed by atoms with Crippen molar-refractivity contribution in [2.24, 2.45) is 0 Å². The monoisotopic (exact) mass is 405 g/mol. The Hall–Kier alpha value is -2.41. The maximum Gasteiger partial charge on any atom is 0.325 e. The molecule has 0 fully saturated rings. The lowest BCUT2D eigenvalue weighted by molar-refractivity contribution is -0.141. The summed E-state index contributed by atoms with van der Waals surface area (Å²) in [6.45, 7) is -0.686. The molecule has 1 aromatic carbocycles. The molecule has 1 N–H and O–H groups in total. The predicted octanol–water partition coefficient (Wildman–Crippen LogP) is 2.69. The van der Waals surface area contributed by atoms with Gasteiger partial charge in [-0.1, -0.05) is 12.1 Å². The number of benzene rings is 1. The van der Waals surface area contributed by atoms with Crippen molar-refractivity contribution in [1.82, 2.24) is 5.32 Å². The molecule has 130 valence electrons. The highest BCUT2D eigenvalue weighted by molar-refractivity contribution is 9.10. The van der Waals surface area contributed by atoms with Gasteiger partial charge in [-0.3, -0.25) is 14.4 Å². The van der Waals surface area contributed by atoms with Gasteiger partial charge in [0.2, 0.25) is 0 Å². The number of halogens is 1. The van der Waals surface area contributed by atoms with Crippen LogP contribution in [0.2, 0.25) is 0 Å². The number of rotatable bonds is 6. The Kier molecular flexibility index (Phi) is 5.33. The molecule has 1 aliphatic carbocycles. The highest BCUT2D eigenvalue weighted by atomic mass is 79.9. The fraction of sp³-hybridized carbons (Fsp3) is 0.278. The summed E-state index contributed by atoms with van der Waals surface area (Å²) >= 11 is 3.09. The molecule has 0 spiro atoms. The number of fused-ring (bicyclic) bond motifs is 1. The molecule has 3 rings (SSSR count). The fourth-order valence-corrected chi connectivity index (χ4v) is 3.01. The Balaban J connectivity index is 1.45. The molecule has 0 atom stereocenters. The first-order chi connectivity index (χ1) is 12.0. The van der Waals surface area contributed by atoms with Gasteiger partial charge in [-0.15, -0.1) is 0 Å².